The molecular weight excluding hydrogens is 499 g/mol. The van der Waals surface area contributed by atoms with Gasteiger partial charge in [0.2, 0.25) is 11.8 Å². The molecule has 33 heavy (non-hydrogen) atoms. The number of benzene rings is 2. The van der Waals surface area contributed by atoms with Crippen LogP contribution in [0.15, 0.2) is 42.5 Å². The summed E-state index contributed by atoms with van der Waals surface area (Å²) in [6.45, 7) is 2.19. The van der Waals surface area contributed by atoms with E-state index in [0.717, 1.165) is 36.8 Å². The predicted octanol–water partition coefficient (Wildman–Crippen LogP) is 6.75. The highest BCUT2D eigenvalue weighted by Crippen LogP contribution is 2.25. The van der Waals surface area contributed by atoms with Crippen molar-refractivity contribution in [1.29, 1.82) is 0 Å². The zero-order valence-electron chi connectivity index (χ0n) is 18.7. The topological polar surface area (TPSA) is 49.4 Å². The van der Waals surface area contributed by atoms with Crippen LogP contribution in [-0.2, 0) is 21.9 Å². The van der Waals surface area contributed by atoms with E-state index in [4.69, 9.17) is 34.8 Å². The molecule has 8 heteroatoms. The standard InChI is InChI=1S/C25H29Cl3N2O2S/c1-2-23(25(32)29-21-8-3-4-9-21)30(14-18-10-11-20(27)13-22(18)28)24(31)16-33-15-17-6-5-7-19(26)12-17/h5-7,10-13,21,23H,2-4,8-9,14-16H2,1H3,(H,29,32)/t23-/m0/s1. The first-order valence-corrected chi connectivity index (χ1v) is 13.5. The maximum absolute atomic E-state index is 13.4. The first-order chi connectivity index (χ1) is 15.9. The summed E-state index contributed by atoms with van der Waals surface area (Å²) >= 11 is 20.0. The molecular formula is C25H29Cl3N2O2S. The number of nitrogens with zero attached hydrogens (tertiary/aromatic N) is 1. The molecule has 0 bridgehead atoms. The van der Waals surface area contributed by atoms with E-state index in [0.29, 0.717) is 27.2 Å². The number of thioether (sulfide) groups is 1. The van der Waals surface area contributed by atoms with Crippen molar-refractivity contribution >= 4 is 58.4 Å². The highest BCUT2D eigenvalue weighted by molar-refractivity contribution is 7.99. The second kappa shape index (κ2) is 12.9. The van der Waals surface area contributed by atoms with E-state index in [-0.39, 0.29) is 30.2 Å². The zero-order chi connectivity index (χ0) is 23.8. The normalized spacial score (nSPS) is 14.8. The fourth-order valence-electron chi connectivity index (χ4n) is 4.09. The van der Waals surface area contributed by atoms with Gasteiger partial charge in [0.15, 0.2) is 0 Å². The van der Waals surface area contributed by atoms with Gasteiger partial charge in [0.1, 0.15) is 6.04 Å². The Bertz CT molecular complexity index is 966. The average Bonchev–Trinajstić information content (AvgIpc) is 3.28. The molecule has 0 aromatic heterocycles. The molecule has 1 atom stereocenters. The second-order valence-corrected chi connectivity index (χ2v) is 10.6. The van der Waals surface area contributed by atoms with Gasteiger partial charge in [0.05, 0.1) is 5.75 Å². The van der Waals surface area contributed by atoms with E-state index >= 15 is 0 Å². The highest BCUT2D eigenvalue weighted by atomic mass is 35.5. The predicted molar refractivity (Wildman–Crippen MR) is 139 cm³/mol. The Kier molecular flexibility index (Phi) is 10.2. The van der Waals surface area contributed by atoms with Crippen molar-refractivity contribution in [2.45, 2.75) is 63.4 Å². The van der Waals surface area contributed by atoms with Gasteiger partial charge in [-0.15, -0.1) is 11.8 Å². The van der Waals surface area contributed by atoms with Gasteiger partial charge in [-0.3, -0.25) is 9.59 Å². The van der Waals surface area contributed by atoms with E-state index in [1.54, 1.807) is 17.0 Å². The Morgan fingerprint density at radius 1 is 1.09 bits per heavy atom. The summed E-state index contributed by atoms with van der Waals surface area (Å²) in [6.07, 6.45) is 4.77. The molecule has 0 radical (unpaired) electrons. The van der Waals surface area contributed by atoms with Gasteiger partial charge in [-0.05, 0) is 54.7 Å². The van der Waals surface area contributed by atoms with Gasteiger partial charge in [-0.2, -0.15) is 0 Å². The minimum Gasteiger partial charge on any atom is -0.352 e. The van der Waals surface area contributed by atoms with E-state index < -0.39 is 6.04 Å². The monoisotopic (exact) mass is 526 g/mol. The third-order valence-corrected chi connectivity index (χ3v) is 7.64. The van der Waals surface area contributed by atoms with E-state index in [1.165, 1.54) is 11.8 Å². The fourth-order valence-corrected chi connectivity index (χ4v) is 5.63. The smallest absolute Gasteiger partial charge is 0.243 e. The maximum atomic E-state index is 13.4. The van der Waals surface area contributed by atoms with Crippen LogP contribution in [0.1, 0.15) is 50.2 Å². The SMILES string of the molecule is CC[C@@H](C(=O)NC1CCCC1)N(Cc1ccc(Cl)cc1Cl)C(=O)CSCc1cccc(Cl)c1. The number of carbonyl (C=O) groups is 2. The van der Waals surface area contributed by atoms with E-state index in [9.17, 15) is 9.59 Å². The third kappa shape index (κ3) is 7.81. The third-order valence-electron chi connectivity index (χ3n) is 5.83. The van der Waals surface area contributed by atoms with Crippen molar-refractivity contribution in [3.05, 3.63) is 68.7 Å². The summed E-state index contributed by atoms with van der Waals surface area (Å²) in [6, 6.07) is 12.5. The van der Waals surface area contributed by atoms with Crippen LogP contribution in [0.4, 0.5) is 0 Å². The molecule has 1 N–H and O–H groups in total. The van der Waals surface area contributed by atoms with Crippen LogP contribution in [0.2, 0.25) is 15.1 Å². The molecule has 0 spiro atoms. The second-order valence-electron chi connectivity index (χ2n) is 8.29. The molecule has 4 nitrogen and oxygen atoms in total. The molecule has 1 saturated carbocycles. The lowest BCUT2D eigenvalue weighted by Crippen LogP contribution is -2.51. The maximum Gasteiger partial charge on any atom is 0.243 e. The van der Waals surface area contributed by atoms with E-state index in [1.807, 2.05) is 37.3 Å². The van der Waals surface area contributed by atoms with Gasteiger partial charge in [-0.25, -0.2) is 0 Å². The van der Waals surface area contributed by atoms with Crippen molar-refractivity contribution in [2.75, 3.05) is 5.75 Å². The summed E-state index contributed by atoms with van der Waals surface area (Å²) in [7, 11) is 0. The van der Waals surface area contributed by atoms with Gasteiger partial charge >= 0.3 is 0 Å². The first-order valence-electron chi connectivity index (χ1n) is 11.2. The average molecular weight is 528 g/mol. The first kappa shape index (κ1) is 26.2. The van der Waals surface area contributed by atoms with Crippen molar-refractivity contribution in [1.82, 2.24) is 10.2 Å². The van der Waals surface area contributed by atoms with Crippen molar-refractivity contribution in [3.63, 3.8) is 0 Å². The summed E-state index contributed by atoms with van der Waals surface area (Å²) in [5.74, 6) is 0.724. The number of halogens is 3. The minimum absolute atomic E-state index is 0.0947. The minimum atomic E-state index is -0.559. The Morgan fingerprint density at radius 3 is 2.48 bits per heavy atom. The molecule has 0 saturated heterocycles. The van der Waals surface area contributed by atoms with Crippen LogP contribution < -0.4 is 5.32 Å². The highest BCUT2D eigenvalue weighted by Gasteiger charge is 2.30. The lowest BCUT2D eigenvalue weighted by Gasteiger charge is -2.31. The molecule has 1 fully saturated rings. The van der Waals surface area contributed by atoms with Crippen LogP contribution >= 0.6 is 46.6 Å². The van der Waals surface area contributed by atoms with Crippen LogP contribution in [0, 0.1) is 0 Å². The van der Waals surface area contributed by atoms with Crippen molar-refractivity contribution in [2.24, 2.45) is 0 Å². The zero-order valence-corrected chi connectivity index (χ0v) is 21.7. The quantitative estimate of drug-likeness (QED) is 0.372. The van der Waals surface area contributed by atoms with Gasteiger partial charge in [-0.1, -0.05) is 72.8 Å². The molecule has 0 heterocycles. The number of amides is 2. The molecule has 2 aromatic carbocycles. The van der Waals surface area contributed by atoms with E-state index in [2.05, 4.69) is 5.32 Å². The summed E-state index contributed by atoms with van der Waals surface area (Å²) in [5, 5.41) is 4.85. The number of rotatable bonds is 10. The van der Waals surface area contributed by atoms with Crippen molar-refractivity contribution < 1.29 is 9.59 Å². The van der Waals surface area contributed by atoms with Gasteiger partial charge in [0.25, 0.3) is 0 Å². The molecule has 178 valence electrons. The molecule has 1 aliphatic rings. The fraction of sp³-hybridized carbons (Fsp3) is 0.440. The van der Waals surface area contributed by atoms with Crippen molar-refractivity contribution in [3.8, 4) is 0 Å². The number of hydrogen-bond acceptors (Lipinski definition) is 3. The summed E-state index contributed by atoms with van der Waals surface area (Å²) in [4.78, 5) is 28.2. The lowest BCUT2D eigenvalue weighted by atomic mass is 10.1. The Labute approximate surface area is 215 Å². The largest absolute Gasteiger partial charge is 0.352 e. The molecule has 3 rings (SSSR count). The Morgan fingerprint density at radius 2 is 1.82 bits per heavy atom. The Balaban J connectivity index is 1.73. The van der Waals surface area contributed by atoms with Crippen LogP contribution in [0.25, 0.3) is 0 Å². The molecule has 0 unspecified atom stereocenters. The lowest BCUT2D eigenvalue weighted by molar-refractivity contribution is -0.139. The van der Waals surface area contributed by atoms with Crippen LogP contribution in [0.3, 0.4) is 0 Å². The molecule has 2 aromatic rings. The van der Waals surface area contributed by atoms with Gasteiger partial charge < -0.3 is 10.2 Å². The van der Waals surface area contributed by atoms with Crippen LogP contribution in [-0.4, -0.2) is 34.6 Å². The molecule has 0 aliphatic heterocycles. The van der Waals surface area contributed by atoms with Crippen LogP contribution in [0.5, 0.6) is 0 Å². The summed E-state index contributed by atoms with van der Waals surface area (Å²) in [5.41, 5.74) is 1.82. The van der Waals surface area contributed by atoms with Gasteiger partial charge in [0, 0.05) is 33.4 Å². The molecule has 2 amide bonds. The number of hydrogen-bond donors (Lipinski definition) is 1. The summed E-state index contributed by atoms with van der Waals surface area (Å²) < 4.78 is 0. The number of nitrogens with one attached hydrogen (secondary N) is 1. The Hall–Kier alpha value is -1.40. The molecule has 1 aliphatic carbocycles. The number of carbonyl (C=O) groups excluding carboxylic acids is 2.